The fourth-order valence-corrected chi connectivity index (χ4v) is 2.77. The summed E-state index contributed by atoms with van der Waals surface area (Å²) in [5.41, 5.74) is 3.13. The third-order valence-corrected chi connectivity index (χ3v) is 4.34. The summed E-state index contributed by atoms with van der Waals surface area (Å²) < 4.78 is 31.1. The molecule has 0 radical (unpaired) electrons. The summed E-state index contributed by atoms with van der Waals surface area (Å²) in [5, 5.41) is 24.3. The van der Waals surface area contributed by atoms with Crippen molar-refractivity contribution < 1.29 is 23.5 Å². The molecule has 0 aliphatic heterocycles. The molecule has 1 aromatic heterocycles. The SMILES string of the molecule is Cc1cc(C/C(=N\O)c2nonc2CCCO/N=C\c2ccc([18F])cc2)ccc1F. The number of benzene rings is 2. The van der Waals surface area contributed by atoms with E-state index in [2.05, 4.69) is 20.6 Å². The van der Waals surface area contributed by atoms with Gasteiger partial charge in [0, 0.05) is 6.42 Å². The van der Waals surface area contributed by atoms with Crippen LogP contribution >= 0.6 is 0 Å². The Kier molecular flexibility index (Phi) is 7.20. The van der Waals surface area contributed by atoms with Gasteiger partial charge in [-0.1, -0.05) is 39.7 Å². The zero-order chi connectivity index (χ0) is 21.3. The second kappa shape index (κ2) is 10.2. The molecule has 1 heterocycles. The van der Waals surface area contributed by atoms with E-state index in [0.29, 0.717) is 36.4 Å². The monoisotopic (exact) mass is 413 g/mol. The van der Waals surface area contributed by atoms with Crippen molar-refractivity contribution in [1.82, 2.24) is 10.3 Å². The minimum Gasteiger partial charge on any atom is -0.411 e. The number of aromatic nitrogens is 2. The second-order valence-corrected chi connectivity index (χ2v) is 6.59. The van der Waals surface area contributed by atoms with Crippen molar-refractivity contribution in [2.24, 2.45) is 10.3 Å². The summed E-state index contributed by atoms with van der Waals surface area (Å²) in [5.74, 6) is -0.613. The van der Waals surface area contributed by atoms with Crippen LogP contribution in [0.4, 0.5) is 8.78 Å². The molecule has 0 spiro atoms. The molecule has 3 rings (SSSR count). The molecule has 3 aromatic rings. The average molecular weight is 413 g/mol. The van der Waals surface area contributed by atoms with Crippen molar-refractivity contribution in [3.05, 3.63) is 82.2 Å². The number of hydrogen-bond donors (Lipinski definition) is 1. The van der Waals surface area contributed by atoms with E-state index in [0.717, 1.165) is 11.1 Å². The topological polar surface area (TPSA) is 93.1 Å². The molecule has 0 aliphatic rings. The number of nitrogens with zero attached hydrogens (tertiary/aromatic N) is 4. The Labute approximate surface area is 171 Å². The second-order valence-electron chi connectivity index (χ2n) is 6.59. The lowest BCUT2D eigenvalue weighted by Gasteiger charge is -2.05. The standard InChI is InChI=1S/C21H20F2N4O3/c1-14-11-16(6-9-18(14)23)12-20(25-28)21-19(26-30-27-21)3-2-10-29-24-13-15-4-7-17(22)8-5-15/h4-9,11,13,28H,2-3,10,12H2,1H3/b24-13-,25-20+/i22-1. The third kappa shape index (κ3) is 5.69. The minimum absolute atomic E-state index is 0.247. The first-order chi connectivity index (χ1) is 14.6. The molecule has 30 heavy (non-hydrogen) atoms. The van der Waals surface area contributed by atoms with Crippen LogP contribution in [0.15, 0.2) is 57.4 Å². The number of hydrogen-bond acceptors (Lipinski definition) is 7. The number of aryl methyl sites for hydroxylation is 2. The smallest absolute Gasteiger partial charge is 0.156 e. The molecule has 0 unspecified atom stereocenters. The maximum atomic E-state index is 13.4. The molecule has 156 valence electrons. The van der Waals surface area contributed by atoms with E-state index in [1.54, 1.807) is 31.2 Å². The van der Waals surface area contributed by atoms with Gasteiger partial charge >= 0.3 is 0 Å². The number of halogens is 2. The van der Waals surface area contributed by atoms with Gasteiger partial charge in [0.1, 0.15) is 29.6 Å². The van der Waals surface area contributed by atoms with Crippen molar-refractivity contribution in [2.45, 2.75) is 26.2 Å². The molecule has 0 atom stereocenters. The zero-order valence-corrected chi connectivity index (χ0v) is 16.3. The van der Waals surface area contributed by atoms with Crippen molar-refractivity contribution in [2.75, 3.05) is 6.61 Å². The number of oxime groups is 2. The van der Waals surface area contributed by atoms with Crippen molar-refractivity contribution in [3.63, 3.8) is 0 Å². The summed E-state index contributed by atoms with van der Waals surface area (Å²) in [7, 11) is 0. The van der Waals surface area contributed by atoms with Crippen LogP contribution in [-0.2, 0) is 17.7 Å². The third-order valence-electron chi connectivity index (χ3n) is 4.34. The van der Waals surface area contributed by atoms with Crippen LogP contribution in [0.5, 0.6) is 0 Å². The Morgan fingerprint density at radius 1 is 1.17 bits per heavy atom. The first kappa shape index (κ1) is 21.1. The van der Waals surface area contributed by atoms with E-state index in [-0.39, 0.29) is 23.8 Å². The lowest BCUT2D eigenvalue weighted by Crippen LogP contribution is -2.10. The zero-order valence-electron chi connectivity index (χ0n) is 16.3. The molecular formula is C21H20F2N4O3. The fraction of sp³-hybridized carbons (Fsp3) is 0.238. The van der Waals surface area contributed by atoms with Gasteiger partial charge in [-0.3, -0.25) is 0 Å². The highest BCUT2D eigenvalue weighted by atomic mass is 19.1. The van der Waals surface area contributed by atoms with Gasteiger partial charge in [-0.05, 0) is 59.8 Å². The molecule has 2 aromatic carbocycles. The van der Waals surface area contributed by atoms with E-state index in [4.69, 9.17) is 9.47 Å². The van der Waals surface area contributed by atoms with E-state index in [1.165, 1.54) is 24.4 Å². The van der Waals surface area contributed by atoms with Gasteiger partial charge < -0.3 is 10.0 Å². The first-order valence-electron chi connectivity index (χ1n) is 9.25. The Morgan fingerprint density at radius 3 is 2.70 bits per heavy atom. The Bertz CT molecular complexity index is 1030. The Balaban J connectivity index is 1.52. The van der Waals surface area contributed by atoms with Crippen molar-refractivity contribution in [3.8, 4) is 0 Å². The fourth-order valence-electron chi connectivity index (χ4n) is 2.77. The Hall–Kier alpha value is -3.62. The van der Waals surface area contributed by atoms with Crippen molar-refractivity contribution >= 4 is 11.9 Å². The average Bonchev–Trinajstić information content (AvgIpc) is 3.21. The molecule has 9 heteroatoms. The van der Waals surface area contributed by atoms with Gasteiger partial charge in [0.2, 0.25) is 0 Å². The predicted octanol–water partition coefficient (Wildman–Crippen LogP) is 4.06. The predicted molar refractivity (Wildman–Crippen MR) is 106 cm³/mol. The van der Waals surface area contributed by atoms with Gasteiger partial charge in [-0.2, -0.15) is 0 Å². The molecule has 0 amide bonds. The van der Waals surface area contributed by atoms with Gasteiger partial charge in [0.25, 0.3) is 0 Å². The van der Waals surface area contributed by atoms with Crippen LogP contribution in [0, 0.1) is 18.6 Å². The molecule has 0 saturated carbocycles. The lowest BCUT2D eigenvalue weighted by molar-refractivity contribution is 0.143. The highest BCUT2D eigenvalue weighted by molar-refractivity contribution is 6.00. The Morgan fingerprint density at radius 2 is 1.97 bits per heavy atom. The summed E-state index contributed by atoms with van der Waals surface area (Å²) >= 11 is 0. The van der Waals surface area contributed by atoms with Crippen LogP contribution in [0.25, 0.3) is 0 Å². The molecule has 0 saturated heterocycles. The van der Waals surface area contributed by atoms with Crippen LogP contribution < -0.4 is 0 Å². The van der Waals surface area contributed by atoms with E-state index in [1.807, 2.05) is 0 Å². The van der Waals surface area contributed by atoms with E-state index >= 15 is 0 Å². The van der Waals surface area contributed by atoms with Gasteiger partial charge in [0.05, 0.1) is 6.21 Å². The number of rotatable bonds is 9. The maximum absolute atomic E-state index is 13.4. The normalized spacial score (nSPS) is 11.9. The van der Waals surface area contributed by atoms with Gasteiger partial charge in [0.15, 0.2) is 5.69 Å². The quantitative estimate of drug-likeness (QED) is 0.247. The molecule has 7 nitrogen and oxygen atoms in total. The van der Waals surface area contributed by atoms with Gasteiger partial charge in [-0.25, -0.2) is 13.4 Å². The molecular weight excluding hydrogens is 393 g/mol. The highest BCUT2D eigenvalue weighted by Gasteiger charge is 2.18. The van der Waals surface area contributed by atoms with Gasteiger partial charge in [-0.15, -0.1) is 0 Å². The molecule has 0 aliphatic carbocycles. The summed E-state index contributed by atoms with van der Waals surface area (Å²) in [6.07, 6.45) is 2.77. The van der Waals surface area contributed by atoms with E-state index in [9.17, 15) is 14.0 Å². The maximum Gasteiger partial charge on any atom is 0.156 e. The van der Waals surface area contributed by atoms with Crippen LogP contribution in [0.3, 0.4) is 0 Å². The largest absolute Gasteiger partial charge is 0.411 e. The van der Waals surface area contributed by atoms with Crippen LogP contribution in [0.1, 0.15) is 34.5 Å². The first-order valence-corrected chi connectivity index (χ1v) is 9.25. The lowest BCUT2D eigenvalue weighted by atomic mass is 10.0. The van der Waals surface area contributed by atoms with Crippen molar-refractivity contribution in [1.29, 1.82) is 0 Å². The summed E-state index contributed by atoms with van der Waals surface area (Å²) in [6, 6.07) is 10.5. The van der Waals surface area contributed by atoms with Crippen LogP contribution in [0.2, 0.25) is 0 Å². The summed E-state index contributed by atoms with van der Waals surface area (Å²) in [4.78, 5) is 5.19. The molecule has 1 N–H and O–H groups in total. The minimum atomic E-state index is -0.314. The van der Waals surface area contributed by atoms with E-state index < -0.39 is 0 Å². The molecule has 0 fully saturated rings. The molecule has 0 bridgehead atoms. The van der Waals surface area contributed by atoms with Crippen LogP contribution in [-0.4, -0.2) is 34.1 Å². The highest BCUT2D eigenvalue weighted by Crippen LogP contribution is 2.15. The summed E-state index contributed by atoms with van der Waals surface area (Å²) in [6.45, 7) is 1.98.